The molecule has 0 aromatic heterocycles. The minimum atomic E-state index is 0.0200. The molecule has 1 rings (SSSR count). The van der Waals surface area contributed by atoms with Crippen LogP contribution in [0.1, 0.15) is 97.9 Å². The first-order chi connectivity index (χ1) is 10.4. The summed E-state index contributed by atoms with van der Waals surface area (Å²) >= 11 is 0. The summed E-state index contributed by atoms with van der Waals surface area (Å²) in [6, 6.07) is 4.64. The van der Waals surface area contributed by atoms with E-state index in [0.29, 0.717) is 0 Å². The number of benzene rings is 1. The first-order valence-corrected chi connectivity index (χ1v) is 8.99. The van der Waals surface area contributed by atoms with Crippen LogP contribution in [0.15, 0.2) is 12.1 Å². The van der Waals surface area contributed by atoms with Crippen molar-refractivity contribution in [1.82, 2.24) is 0 Å². The molecule has 1 aromatic carbocycles. The Morgan fingerprint density at radius 1 is 0.957 bits per heavy atom. The Bertz CT molecular complexity index is 483. The van der Waals surface area contributed by atoms with Crippen molar-refractivity contribution in [2.75, 3.05) is 0 Å². The van der Waals surface area contributed by atoms with Gasteiger partial charge in [0, 0.05) is 17.2 Å². The van der Waals surface area contributed by atoms with Crippen LogP contribution in [0.4, 0.5) is 0 Å². The lowest BCUT2D eigenvalue weighted by molar-refractivity contribution is 0.230. The molecule has 2 nitrogen and oxygen atoms in total. The van der Waals surface area contributed by atoms with E-state index in [0.717, 1.165) is 18.6 Å². The molecule has 1 atom stereocenters. The Kier molecular flexibility index (Phi) is 6.32. The first kappa shape index (κ1) is 20.0. The second kappa shape index (κ2) is 7.25. The van der Waals surface area contributed by atoms with E-state index in [1.54, 1.807) is 0 Å². The molecule has 0 fully saturated rings. The molecule has 0 heterocycles. The van der Waals surface area contributed by atoms with Crippen LogP contribution in [0.5, 0.6) is 5.75 Å². The molecule has 23 heavy (non-hydrogen) atoms. The highest BCUT2D eigenvalue weighted by Gasteiger charge is 2.29. The van der Waals surface area contributed by atoms with Crippen molar-refractivity contribution in [3.05, 3.63) is 28.8 Å². The van der Waals surface area contributed by atoms with E-state index >= 15 is 0 Å². The van der Waals surface area contributed by atoms with Crippen LogP contribution in [0.3, 0.4) is 0 Å². The minimum absolute atomic E-state index is 0.0200. The Labute approximate surface area is 143 Å². The van der Waals surface area contributed by atoms with Crippen molar-refractivity contribution in [2.45, 2.75) is 98.1 Å². The Hall–Kier alpha value is -1.02. The van der Waals surface area contributed by atoms with E-state index in [1.807, 2.05) is 0 Å². The van der Waals surface area contributed by atoms with E-state index in [-0.39, 0.29) is 23.0 Å². The molecule has 0 saturated heterocycles. The molecule has 0 spiro atoms. The zero-order chi connectivity index (χ0) is 18.0. The molecular formula is C21H37NO. The highest BCUT2D eigenvalue weighted by Crippen LogP contribution is 2.42. The number of ether oxygens (including phenoxy) is 1. The Morgan fingerprint density at radius 2 is 1.39 bits per heavy atom. The van der Waals surface area contributed by atoms with Crippen molar-refractivity contribution in [3.63, 3.8) is 0 Å². The summed E-state index contributed by atoms with van der Waals surface area (Å²) in [7, 11) is 0. The van der Waals surface area contributed by atoms with Crippen LogP contribution in [-0.2, 0) is 10.8 Å². The van der Waals surface area contributed by atoms with E-state index in [9.17, 15) is 0 Å². The fourth-order valence-corrected chi connectivity index (χ4v) is 2.82. The molecule has 1 aromatic rings. The summed E-state index contributed by atoms with van der Waals surface area (Å²) in [5.74, 6) is 1.05. The van der Waals surface area contributed by atoms with Crippen LogP contribution in [0.2, 0.25) is 0 Å². The number of rotatable bonds is 5. The van der Waals surface area contributed by atoms with Gasteiger partial charge in [0.05, 0.1) is 6.10 Å². The Morgan fingerprint density at radius 3 is 1.70 bits per heavy atom. The Balaban J connectivity index is 3.65. The van der Waals surface area contributed by atoms with E-state index < -0.39 is 0 Å². The molecule has 0 aliphatic heterocycles. The van der Waals surface area contributed by atoms with Gasteiger partial charge >= 0.3 is 0 Å². The van der Waals surface area contributed by atoms with Crippen molar-refractivity contribution in [1.29, 1.82) is 0 Å². The van der Waals surface area contributed by atoms with Gasteiger partial charge in [-0.15, -0.1) is 0 Å². The zero-order valence-electron chi connectivity index (χ0n) is 16.7. The maximum absolute atomic E-state index is 6.44. The molecule has 2 heteroatoms. The van der Waals surface area contributed by atoms with Gasteiger partial charge in [-0.05, 0) is 48.8 Å². The van der Waals surface area contributed by atoms with Crippen molar-refractivity contribution < 1.29 is 4.74 Å². The summed E-state index contributed by atoms with van der Waals surface area (Å²) in [5, 5.41) is 0. The average Bonchev–Trinajstić information content (AvgIpc) is 2.35. The molecule has 0 saturated carbocycles. The quantitative estimate of drug-likeness (QED) is 0.736. The third kappa shape index (κ3) is 5.24. The van der Waals surface area contributed by atoms with Gasteiger partial charge in [0.1, 0.15) is 5.75 Å². The molecule has 0 aliphatic carbocycles. The van der Waals surface area contributed by atoms with Crippen molar-refractivity contribution >= 4 is 0 Å². The largest absolute Gasteiger partial charge is 0.490 e. The predicted molar refractivity (Wildman–Crippen MR) is 101 cm³/mol. The third-order valence-electron chi connectivity index (χ3n) is 4.11. The summed E-state index contributed by atoms with van der Waals surface area (Å²) < 4.78 is 6.28. The van der Waals surface area contributed by atoms with Gasteiger partial charge in [-0.1, -0.05) is 54.9 Å². The summed E-state index contributed by atoms with van der Waals surface area (Å²) in [6.07, 6.45) is 2.27. The lowest BCUT2D eigenvalue weighted by atomic mass is 9.77. The highest BCUT2D eigenvalue weighted by molar-refractivity contribution is 5.51. The predicted octanol–water partition coefficient (Wildman–Crippen LogP) is 5.87. The molecule has 132 valence electrons. The summed E-state index contributed by atoms with van der Waals surface area (Å²) in [6.45, 7) is 19.9. The van der Waals surface area contributed by atoms with Gasteiger partial charge in [-0.3, -0.25) is 0 Å². The minimum Gasteiger partial charge on any atom is -0.490 e. The second-order valence-electron chi connectivity index (χ2n) is 9.01. The molecule has 0 bridgehead atoms. The molecule has 2 N–H and O–H groups in total. The lowest BCUT2D eigenvalue weighted by Crippen LogP contribution is -2.23. The summed E-state index contributed by atoms with van der Waals surface area (Å²) in [5.41, 5.74) is 10.2. The molecule has 0 radical (unpaired) electrons. The average molecular weight is 320 g/mol. The van der Waals surface area contributed by atoms with Gasteiger partial charge in [0.15, 0.2) is 0 Å². The van der Waals surface area contributed by atoms with Gasteiger partial charge in [0.25, 0.3) is 0 Å². The maximum Gasteiger partial charge on any atom is 0.127 e. The number of nitrogens with two attached hydrogens (primary N) is 1. The van der Waals surface area contributed by atoms with E-state index in [4.69, 9.17) is 10.5 Å². The number of hydrogen-bond donors (Lipinski definition) is 1. The third-order valence-corrected chi connectivity index (χ3v) is 4.11. The lowest BCUT2D eigenvalue weighted by Gasteiger charge is -2.32. The van der Waals surface area contributed by atoms with Crippen LogP contribution >= 0.6 is 0 Å². The standard InChI is InChI=1S/C21H37NO/c1-10-11-18(22)15-12-16(20(4,5)6)19(23-14(2)3)17(13-15)21(7,8)9/h12-14,18H,10-11,22H2,1-9H3. The van der Waals surface area contributed by atoms with Gasteiger partial charge in [0.2, 0.25) is 0 Å². The fraction of sp³-hybridized carbons (Fsp3) is 0.714. The van der Waals surface area contributed by atoms with Crippen molar-refractivity contribution in [2.24, 2.45) is 5.73 Å². The molecule has 1 unspecified atom stereocenters. The van der Waals surface area contributed by atoms with Gasteiger partial charge < -0.3 is 10.5 Å². The highest BCUT2D eigenvalue weighted by atomic mass is 16.5. The first-order valence-electron chi connectivity index (χ1n) is 8.99. The monoisotopic (exact) mass is 319 g/mol. The zero-order valence-corrected chi connectivity index (χ0v) is 16.7. The number of hydrogen-bond acceptors (Lipinski definition) is 2. The van der Waals surface area contributed by atoms with Crippen LogP contribution in [0, 0.1) is 0 Å². The van der Waals surface area contributed by atoms with E-state index in [2.05, 4.69) is 74.4 Å². The second-order valence-corrected chi connectivity index (χ2v) is 9.01. The maximum atomic E-state index is 6.44. The normalized spacial score (nSPS) is 14.2. The molecule has 0 amide bonds. The summed E-state index contributed by atoms with van der Waals surface area (Å²) in [4.78, 5) is 0. The topological polar surface area (TPSA) is 35.2 Å². The SMILES string of the molecule is CCCC(N)c1cc(C(C)(C)C)c(OC(C)C)c(C(C)(C)C)c1. The van der Waals surface area contributed by atoms with E-state index in [1.165, 1.54) is 16.7 Å². The van der Waals surface area contributed by atoms with Crippen LogP contribution in [-0.4, -0.2) is 6.10 Å². The molecule has 0 aliphatic rings. The fourth-order valence-electron chi connectivity index (χ4n) is 2.82. The van der Waals surface area contributed by atoms with Crippen molar-refractivity contribution in [3.8, 4) is 5.75 Å². The van der Waals surface area contributed by atoms with Gasteiger partial charge in [-0.25, -0.2) is 0 Å². The van der Waals surface area contributed by atoms with Crippen LogP contribution < -0.4 is 10.5 Å². The van der Waals surface area contributed by atoms with Gasteiger partial charge in [-0.2, -0.15) is 0 Å². The smallest absolute Gasteiger partial charge is 0.127 e. The molecular weight excluding hydrogens is 282 g/mol. The van der Waals surface area contributed by atoms with Crippen LogP contribution in [0.25, 0.3) is 0 Å².